The number of H-pyrrole nitrogens is 1. The Hall–Kier alpha value is -4.02. The van der Waals surface area contributed by atoms with Crippen LogP contribution in [0.3, 0.4) is 0 Å². The summed E-state index contributed by atoms with van der Waals surface area (Å²) in [7, 11) is 0. The van der Waals surface area contributed by atoms with Gasteiger partial charge < -0.3 is 34.1 Å². The van der Waals surface area contributed by atoms with Gasteiger partial charge in [-0.1, -0.05) is 0 Å². The van der Waals surface area contributed by atoms with Crippen molar-refractivity contribution in [1.29, 1.82) is 0 Å². The third kappa shape index (κ3) is 5.30. The number of carbonyl (C=O) groups excluding carboxylic acids is 2. The molecule has 6 rings (SSSR count). The van der Waals surface area contributed by atoms with Crippen molar-refractivity contribution in [2.24, 2.45) is 5.92 Å². The van der Waals surface area contributed by atoms with Crippen LogP contribution in [0.25, 0.3) is 22.3 Å². The first kappa shape index (κ1) is 25.3. The summed E-state index contributed by atoms with van der Waals surface area (Å²) in [4.78, 5) is 39.6. The monoisotopic (exact) mass is 535 g/mol. The molecule has 11 heteroatoms. The predicted octanol–water partition coefficient (Wildman–Crippen LogP) is 4.27. The highest BCUT2D eigenvalue weighted by atomic mass is 16.7. The molecule has 39 heavy (non-hydrogen) atoms. The van der Waals surface area contributed by atoms with Gasteiger partial charge in [-0.2, -0.15) is 0 Å². The number of nitrogens with zero attached hydrogens (tertiary/aromatic N) is 3. The van der Waals surface area contributed by atoms with Crippen LogP contribution < -0.4 is 19.5 Å². The van der Waals surface area contributed by atoms with Crippen LogP contribution in [0.1, 0.15) is 56.8 Å². The fraction of sp³-hybridized carbons (Fsp3) is 0.500. The van der Waals surface area contributed by atoms with Crippen molar-refractivity contribution in [3.05, 3.63) is 30.2 Å². The third-order valence-electron chi connectivity index (χ3n) is 7.10. The summed E-state index contributed by atoms with van der Waals surface area (Å²) in [5.74, 6) is 2.19. The van der Waals surface area contributed by atoms with E-state index >= 15 is 0 Å². The van der Waals surface area contributed by atoms with E-state index in [1.165, 1.54) is 19.2 Å². The van der Waals surface area contributed by atoms with Gasteiger partial charge in [0, 0.05) is 25.3 Å². The molecule has 2 aliphatic heterocycles. The number of amides is 2. The SMILES string of the molecule is CC(C)(C)OC(=O)N1CCC(NC(=O)c2c[nH]c3c(-c4c(OCC5CC5)ccc5c4OCO5)ncnc23)CC1. The van der Waals surface area contributed by atoms with Crippen LogP contribution in [-0.2, 0) is 4.74 Å². The number of benzene rings is 1. The van der Waals surface area contributed by atoms with Crippen molar-refractivity contribution in [1.82, 2.24) is 25.2 Å². The van der Waals surface area contributed by atoms with Gasteiger partial charge in [-0.05, 0) is 64.5 Å². The Labute approximate surface area is 226 Å². The second kappa shape index (κ2) is 9.94. The summed E-state index contributed by atoms with van der Waals surface area (Å²) in [5.41, 5.74) is 2.27. The van der Waals surface area contributed by atoms with Crippen LogP contribution in [0.5, 0.6) is 17.2 Å². The maximum Gasteiger partial charge on any atom is 0.410 e. The molecule has 2 aromatic heterocycles. The van der Waals surface area contributed by atoms with Crippen LogP contribution in [0.4, 0.5) is 4.79 Å². The number of aromatic amines is 1. The number of nitrogens with one attached hydrogen (secondary N) is 2. The number of piperidine rings is 1. The molecule has 3 aliphatic rings. The first-order chi connectivity index (χ1) is 18.8. The van der Waals surface area contributed by atoms with E-state index in [4.69, 9.17) is 18.9 Å². The molecule has 0 spiro atoms. The lowest BCUT2D eigenvalue weighted by Gasteiger charge is -2.33. The number of rotatable bonds is 6. The van der Waals surface area contributed by atoms with Crippen LogP contribution >= 0.6 is 0 Å². The normalized spacial score (nSPS) is 17.4. The second-order valence-electron chi connectivity index (χ2n) is 11.3. The highest BCUT2D eigenvalue weighted by Gasteiger charge is 2.31. The van der Waals surface area contributed by atoms with Crippen molar-refractivity contribution >= 4 is 23.0 Å². The minimum absolute atomic E-state index is 0.0622. The molecule has 206 valence electrons. The van der Waals surface area contributed by atoms with Gasteiger partial charge in [-0.15, -0.1) is 0 Å². The Morgan fingerprint density at radius 2 is 1.92 bits per heavy atom. The van der Waals surface area contributed by atoms with Gasteiger partial charge in [-0.3, -0.25) is 4.79 Å². The maximum absolute atomic E-state index is 13.3. The average molecular weight is 536 g/mol. The molecular weight excluding hydrogens is 502 g/mol. The van der Waals surface area contributed by atoms with E-state index in [9.17, 15) is 9.59 Å². The molecule has 1 saturated carbocycles. The summed E-state index contributed by atoms with van der Waals surface area (Å²) in [6.07, 6.45) is 6.40. The van der Waals surface area contributed by atoms with Gasteiger partial charge in [0.05, 0.1) is 23.3 Å². The predicted molar refractivity (Wildman–Crippen MR) is 142 cm³/mol. The average Bonchev–Trinajstić information content (AvgIpc) is 3.42. The van der Waals surface area contributed by atoms with Crippen molar-refractivity contribution in [3.8, 4) is 28.5 Å². The molecule has 1 aliphatic carbocycles. The van der Waals surface area contributed by atoms with E-state index in [2.05, 4.69) is 20.3 Å². The molecule has 0 unspecified atom stereocenters. The van der Waals surface area contributed by atoms with Gasteiger partial charge >= 0.3 is 6.09 Å². The first-order valence-electron chi connectivity index (χ1n) is 13.4. The lowest BCUT2D eigenvalue weighted by atomic mass is 10.0. The highest BCUT2D eigenvalue weighted by Crippen LogP contribution is 2.48. The zero-order valence-corrected chi connectivity index (χ0v) is 22.4. The molecule has 2 amide bonds. The Morgan fingerprint density at radius 1 is 1.13 bits per heavy atom. The maximum atomic E-state index is 13.3. The van der Waals surface area contributed by atoms with Gasteiger partial charge in [-0.25, -0.2) is 14.8 Å². The van der Waals surface area contributed by atoms with Crippen LogP contribution in [-0.4, -0.2) is 70.0 Å². The van der Waals surface area contributed by atoms with Crippen LogP contribution in [0, 0.1) is 5.92 Å². The quantitative estimate of drug-likeness (QED) is 0.479. The second-order valence-corrected chi connectivity index (χ2v) is 11.3. The minimum Gasteiger partial charge on any atom is -0.492 e. The van der Waals surface area contributed by atoms with E-state index in [-0.39, 0.29) is 24.8 Å². The van der Waals surface area contributed by atoms with Crippen LogP contribution in [0.2, 0.25) is 0 Å². The molecule has 2 N–H and O–H groups in total. The molecule has 1 aromatic carbocycles. The Kier molecular flexibility index (Phi) is 6.44. The Morgan fingerprint density at radius 3 is 2.67 bits per heavy atom. The number of aromatic nitrogens is 3. The van der Waals surface area contributed by atoms with Crippen molar-refractivity contribution in [2.75, 3.05) is 26.5 Å². The summed E-state index contributed by atoms with van der Waals surface area (Å²) in [6, 6.07) is 3.65. The van der Waals surface area contributed by atoms with Gasteiger partial charge in [0.25, 0.3) is 5.91 Å². The summed E-state index contributed by atoms with van der Waals surface area (Å²) in [6.45, 7) is 7.33. The molecule has 2 fully saturated rings. The molecule has 11 nitrogen and oxygen atoms in total. The third-order valence-corrected chi connectivity index (χ3v) is 7.10. The molecular formula is C28H33N5O6. The number of fused-ring (bicyclic) bond motifs is 2. The number of hydrogen-bond donors (Lipinski definition) is 2. The fourth-order valence-electron chi connectivity index (χ4n) is 4.89. The number of carbonyl (C=O) groups is 2. The van der Waals surface area contributed by atoms with E-state index in [0.29, 0.717) is 83.6 Å². The molecule has 0 radical (unpaired) electrons. The van der Waals surface area contributed by atoms with E-state index in [1.807, 2.05) is 32.9 Å². The Balaban J connectivity index is 1.21. The van der Waals surface area contributed by atoms with Crippen molar-refractivity contribution < 1.29 is 28.5 Å². The largest absolute Gasteiger partial charge is 0.492 e. The van der Waals surface area contributed by atoms with Gasteiger partial charge in [0.2, 0.25) is 6.79 Å². The fourth-order valence-corrected chi connectivity index (χ4v) is 4.89. The lowest BCUT2D eigenvalue weighted by Crippen LogP contribution is -2.47. The van der Waals surface area contributed by atoms with E-state index in [1.54, 1.807) is 11.1 Å². The van der Waals surface area contributed by atoms with Crippen molar-refractivity contribution in [2.45, 2.75) is 58.1 Å². The smallest absolute Gasteiger partial charge is 0.410 e. The number of hydrogen-bond acceptors (Lipinski definition) is 8. The van der Waals surface area contributed by atoms with E-state index < -0.39 is 5.60 Å². The Bertz CT molecular complexity index is 1400. The highest BCUT2D eigenvalue weighted by molar-refractivity contribution is 6.08. The number of ether oxygens (including phenoxy) is 4. The van der Waals surface area contributed by atoms with Crippen LogP contribution in [0.15, 0.2) is 24.7 Å². The molecule has 3 aromatic rings. The molecule has 1 saturated heterocycles. The molecule has 4 heterocycles. The van der Waals surface area contributed by atoms with Crippen molar-refractivity contribution in [3.63, 3.8) is 0 Å². The first-order valence-corrected chi connectivity index (χ1v) is 13.4. The van der Waals surface area contributed by atoms with Gasteiger partial charge in [0.1, 0.15) is 28.9 Å². The van der Waals surface area contributed by atoms with Gasteiger partial charge in [0.15, 0.2) is 11.5 Å². The molecule has 0 bridgehead atoms. The zero-order valence-electron chi connectivity index (χ0n) is 22.4. The lowest BCUT2D eigenvalue weighted by molar-refractivity contribution is 0.0199. The number of likely N-dealkylation sites (tertiary alicyclic amines) is 1. The minimum atomic E-state index is -0.540. The summed E-state index contributed by atoms with van der Waals surface area (Å²) >= 11 is 0. The molecule has 0 atom stereocenters. The summed E-state index contributed by atoms with van der Waals surface area (Å²) < 4.78 is 23.1. The standard InChI is InChI=1S/C28H33N5O6/c1-28(2,3)39-27(35)33-10-8-17(9-11-33)32-26(34)18-12-29-24-22(18)30-14-31-23(24)21-19(36-13-16-4-5-16)6-7-20-25(21)38-15-37-20/h6-7,12,14,16-17,29H,4-5,8-11,13,15H2,1-3H3,(H,32,34). The zero-order chi connectivity index (χ0) is 27.1. The van der Waals surface area contributed by atoms with E-state index in [0.717, 1.165) is 0 Å². The summed E-state index contributed by atoms with van der Waals surface area (Å²) in [5, 5.41) is 3.11. The topological polar surface area (TPSA) is 128 Å².